The van der Waals surface area contributed by atoms with Crippen molar-refractivity contribution < 1.29 is 22.7 Å². The molecule has 0 radical (unpaired) electrons. The fraction of sp³-hybridized carbons (Fsp3) is 0.211. The number of aromatic nitrogens is 1. The van der Waals surface area contributed by atoms with Crippen LogP contribution in [0.1, 0.15) is 32.6 Å². The highest BCUT2D eigenvalue weighted by atomic mass is 32.2. The summed E-state index contributed by atoms with van der Waals surface area (Å²) in [7, 11) is -3.53. The number of hydrogen-bond acceptors (Lipinski definition) is 8. The Morgan fingerprint density at radius 3 is 2.62 bits per heavy atom. The first kappa shape index (κ1) is 20.7. The van der Waals surface area contributed by atoms with Gasteiger partial charge < -0.3 is 15.8 Å². The number of ether oxygens (including phenoxy) is 1. The minimum atomic E-state index is -3.53. The molecule has 3 aromatic rings. The van der Waals surface area contributed by atoms with Crippen LogP contribution < -0.4 is 11.1 Å². The molecule has 10 heteroatoms. The number of esters is 1. The number of amides is 1. The number of thiophene rings is 1. The van der Waals surface area contributed by atoms with Crippen molar-refractivity contribution in [1.82, 2.24) is 4.98 Å². The summed E-state index contributed by atoms with van der Waals surface area (Å²) in [5.74, 6) is -1.07. The molecule has 0 fully saturated rings. The van der Waals surface area contributed by atoms with Crippen molar-refractivity contribution in [2.45, 2.75) is 18.7 Å². The van der Waals surface area contributed by atoms with Gasteiger partial charge in [0.1, 0.15) is 9.71 Å². The summed E-state index contributed by atoms with van der Waals surface area (Å²) in [5, 5.41) is 3.06. The van der Waals surface area contributed by atoms with E-state index in [2.05, 4.69) is 10.3 Å². The second kappa shape index (κ2) is 7.80. The maximum Gasteiger partial charge on any atom is 0.339 e. The van der Waals surface area contributed by atoms with Crippen LogP contribution in [0.15, 0.2) is 35.2 Å². The van der Waals surface area contributed by atoms with Crippen LogP contribution in [0.25, 0.3) is 10.2 Å². The number of hydrogen-bond donors (Lipinski definition) is 2. The lowest BCUT2D eigenvalue weighted by molar-refractivity contribution is 0.0525. The molecule has 0 saturated heterocycles. The predicted octanol–water partition coefficient (Wildman–Crippen LogP) is 3.02. The number of nitrogens with one attached hydrogen (secondary N) is 1. The number of fused-ring (bicyclic) bond motifs is 1. The number of para-hydroxylation sites is 1. The zero-order valence-electron chi connectivity index (χ0n) is 16.0. The molecule has 1 amide bonds. The van der Waals surface area contributed by atoms with Gasteiger partial charge in [-0.1, -0.05) is 12.1 Å². The molecule has 29 heavy (non-hydrogen) atoms. The van der Waals surface area contributed by atoms with Crippen LogP contribution in [-0.4, -0.2) is 38.1 Å². The average Bonchev–Trinajstić information content (AvgIpc) is 2.96. The van der Waals surface area contributed by atoms with Crippen LogP contribution in [-0.2, 0) is 14.6 Å². The molecule has 3 N–H and O–H groups in total. The first-order valence-electron chi connectivity index (χ1n) is 8.60. The Kier molecular flexibility index (Phi) is 5.58. The molecule has 0 saturated carbocycles. The Bertz CT molecular complexity index is 1230. The molecular formula is C19H19N3O5S2. The van der Waals surface area contributed by atoms with E-state index in [1.807, 2.05) is 0 Å². The quantitative estimate of drug-likeness (QED) is 0.592. The Hall–Kier alpha value is -2.98. The maximum atomic E-state index is 12.8. The number of aryl methyl sites for hydroxylation is 1. The molecule has 8 nitrogen and oxygen atoms in total. The molecule has 3 rings (SSSR count). The Morgan fingerprint density at radius 1 is 1.28 bits per heavy atom. The number of nitrogen functional groups attached to an aromatic ring is 1. The van der Waals surface area contributed by atoms with Crippen LogP contribution in [0.3, 0.4) is 0 Å². The highest BCUT2D eigenvalue weighted by Crippen LogP contribution is 2.35. The number of carbonyl (C=O) groups excluding carboxylic acids is 2. The molecule has 0 spiro atoms. The lowest BCUT2D eigenvalue weighted by Crippen LogP contribution is -2.14. The van der Waals surface area contributed by atoms with E-state index in [0.717, 1.165) is 17.6 Å². The highest BCUT2D eigenvalue weighted by molar-refractivity contribution is 7.90. The number of carbonyl (C=O) groups is 2. The number of nitrogens with two attached hydrogens (primary N) is 1. The van der Waals surface area contributed by atoms with Gasteiger partial charge in [0.05, 0.1) is 34.1 Å². The summed E-state index contributed by atoms with van der Waals surface area (Å²) in [5.41, 5.74) is 7.21. The summed E-state index contributed by atoms with van der Waals surface area (Å²) in [6, 6.07) is 7.66. The average molecular weight is 434 g/mol. The van der Waals surface area contributed by atoms with Crippen molar-refractivity contribution in [2.24, 2.45) is 0 Å². The number of benzene rings is 1. The minimum absolute atomic E-state index is 0.00611. The van der Waals surface area contributed by atoms with Gasteiger partial charge in [0.2, 0.25) is 0 Å². The van der Waals surface area contributed by atoms with Crippen LogP contribution >= 0.6 is 11.3 Å². The first-order valence-corrected chi connectivity index (χ1v) is 11.3. The SMILES string of the molecule is CCOC(=O)c1cc2c(N)c(C(=O)Nc3ccccc3S(C)(=O)=O)sc2nc1C. The van der Waals surface area contributed by atoms with Gasteiger partial charge in [-0.05, 0) is 32.0 Å². The standard InChI is InChI=1S/C19H19N3O5S2/c1-4-27-19(24)11-9-12-15(20)16(28-18(12)21-10(11)2)17(23)22-13-7-5-6-8-14(13)29(3,25)26/h5-9H,4,20H2,1-3H3,(H,22,23). The van der Waals surface area contributed by atoms with Crippen molar-refractivity contribution in [1.29, 1.82) is 0 Å². The number of rotatable bonds is 5. The van der Waals surface area contributed by atoms with Crippen LogP contribution in [0.2, 0.25) is 0 Å². The van der Waals surface area contributed by atoms with E-state index in [9.17, 15) is 18.0 Å². The third-order valence-electron chi connectivity index (χ3n) is 4.15. The number of anilines is 2. The van der Waals surface area contributed by atoms with Gasteiger partial charge in [-0.25, -0.2) is 18.2 Å². The summed E-state index contributed by atoms with van der Waals surface area (Å²) in [4.78, 5) is 29.9. The fourth-order valence-electron chi connectivity index (χ4n) is 2.78. The Morgan fingerprint density at radius 2 is 1.97 bits per heavy atom. The highest BCUT2D eigenvalue weighted by Gasteiger charge is 2.22. The molecule has 0 aliphatic rings. The summed E-state index contributed by atoms with van der Waals surface area (Å²) in [6.07, 6.45) is 1.06. The summed E-state index contributed by atoms with van der Waals surface area (Å²) >= 11 is 1.06. The van der Waals surface area contributed by atoms with Crippen LogP contribution in [0.4, 0.5) is 11.4 Å². The molecule has 1 aromatic carbocycles. The predicted molar refractivity (Wildman–Crippen MR) is 112 cm³/mol. The second-order valence-corrected chi connectivity index (χ2v) is 9.25. The summed E-state index contributed by atoms with van der Waals surface area (Å²) in [6.45, 7) is 3.60. The molecule has 0 unspecified atom stereocenters. The zero-order valence-corrected chi connectivity index (χ0v) is 17.6. The van der Waals surface area contributed by atoms with Crippen molar-refractivity contribution in [3.8, 4) is 0 Å². The molecule has 0 aliphatic heterocycles. The molecule has 0 atom stereocenters. The third kappa shape index (κ3) is 4.08. The fourth-order valence-corrected chi connectivity index (χ4v) is 4.65. The third-order valence-corrected chi connectivity index (χ3v) is 6.42. The van der Waals surface area contributed by atoms with Crippen LogP contribution in [0.5, 0.6) is 0 Å². The number of sulfone groups is 1. The minimum Gasteiger partial charge on any atom is -0.462 e. The van der Waals surface area contributed by atoms with Gasteiger partial charge in [0.15, 0.2) is 9.84 Å². The lowest BCUT2D eigenvalue weighted by Gasteiger charge is -2.09. The largest absolute Gasteiger partial charge is 0.462 e. The van der Waals surface area contributed by atoms with Gasteiger partial charge in [-0.2, -0.15) is 0 Å². The molecular weight excluding hydrogens is 414 g/mol. The van der Waals surface area contributed by atoms with Crippen molar-refractivity contribution in [3.05, 3.63) is 46.5 Å². The monoisotopic (exact) mass is 433 g/mol. The van der Waals surface area contributed by atoms with E-state index in [0.29, 0.717) is 15.9 Å². The number of nitrogens with zero attached hydrogens (tertiary/aromatic N) is 1. The molecule has 152 valence electrons. The van der Waals surface area contributed by atoms with Crippen molar-refractivity contribution in [2.75, 3.05) is 23.9 Å². The molecule has 0 bridgehead atoms. The number of pyridine rings is 1. The lowest BCUT2D eigenvalue weighted by atomic mass is 10.1. The van der Waals surface area contributed by atoms with Crippen molar-refractivity contribution in [3.63, 3.8) is 0 Å². The van der Waals surface area contributed by atoms with Gasteiger partial charge in [0, 0.05) is 11.6 Å². The van der Waals surface area contributed by atoms with Gasteiger partial charge in [0.25, 0.3) is 5.91 Å². The molecule has 2 aromatic heterocycles. The second-order valence-electron chi connectivity index (χ2n) is 6.26. The van der Waals surface area contributed by atoms with Crippen molar-refractivity contribution >= 4 is 54.6 Å². The zero-order chi connectivity index (χ0) is 21.3. The molecule has 0 aliphatic carbocycles. The van der Waals surface area contributed by atoms with Gasteiger partial charge in [-0.15, -0.1) is 11.3 Å². The van der Waals surface area contributed by atoms with E-state index in [4.69, 9.17) is 10.5 Å². The van der Waals surface area contributed by atoms with Crippen LogP contribution in [0, 0.1) is 6.92 Å². The Balaban J connectivity index is 2.02. The smallest absolute Gasteiger partial charge is 0.339 e. The Labute approximate surface area is 171 Å². The van der Waals surface area contributed by atoms with E-state index in [-0.39, 0.29) is 33.3 Å². The van der Waals surface area contributed by atoms with E-state index in [1.165, 1.54) is 12.1 Å². The normalized spacial score (nSPS) is 11.4. The van der Waals surface area contributed by atoms with E-state index >= 15 is 0 Å². The first-order chi connectivity index (χ1) is 13.6. The van der Waals surface area contributed by atoms with E-state index < -0.39 is 21.7 Å². The van der Waals surface area contributed by atoms with E-state index in [1.54, 1.807) is 32.0 Å². The van der Waals surface area contributed by atoms with Gasteiger partial charge in [-0.3, -0.25) is 4.79 Å². The topological polar surface area (TPSA) is 128 Å². The molecule has 2 heterocycles. The maximum absolute atomic E-state index is 12.8. The summed E-state index contributed by atoms with van der Waals surface area (Å²) < 4.78 is 28.9. The van der Waals surface area contributed by atoms with Gasteiger partial charge >= 0.3 is 5.97 Å².